The number of nitrogens with one attached hydrogen (secondary N) is 2. The molecule has 62 valence electrons. The van der Waals surface area contributed by atoms with E-state index < -0.39 is 0 Å². The first-order valence-electron chi connectivity index (χ1n) is 3.55. The van der Waals surface area contributed by atoms with E-state index in [0.717, 1.165) is 0 Å². The van der Waals surface area contributed by atoms with Crippen LogP contribution in [0.5, 0.6) is 0 Å². The molecule has 0 heterocycles. The number of likely N-dealkylation sites (N-methyl/N-ethyl adjacent to an activating group) is 1. The molecule has 0 saturated heterocycles. The first kappa shape index (κ1) is 9.99. The van der Waals surface area contributed by atoms with Gasteiger partial charge in [0.1, 0.15) is 0 Å². The Labute approximate surface area is 67.6 Å². The molecular formula is C8H14N2O. The normalized spacial score (nSPS) is 14.7. The zero-order chi connectivity index (χ0) is 8.85. The number of amides is 1. The lowest BCUT2D eigenvalue weighted by Crippen LogP contribution is -2.44. The second-order valence-corrected chi connectivity index (χ2v) is 2.39. The van der Waals surface area contributed by atoms with E-state index in [4.69, 9.17) is 6.42 Å². The summed E-state index contributed by atoms with van der Waals surface area (Å²) >= 11 is 0. The van der Waals surface area contributed by atoms with Crippen LogP contribution in [0.2, 0.25) is 0 Å². The van der Waals surface area contributed by atoms with Gasteiger partial charge in [0.05, 0.1) is 12.1 Å². The molecule has 2 N–H and O–H groups in total. The third-order valence-corrected chi connectivity index (χ3v) is 1.39. The van der Waals surface area contributed by atoms with Gasteiger partial charge in [-0.1, -0.05) is 5.92 Å². The van der Waals surface area contributed by atoms with Gasteiger partial charge in [0.2, 0.25) is 5.91 Å². The van der Waals surface area contributed by atoms with E-state index in [1.807, 2.05) is 6.92 Å². The van der Waals surface area contributed by atoms with Crippen LogP contribution < -0.4 is 10.6 Å². The van der Waals surface area contributed by atoms with Gasteiger partial charge < -0.3 is 5.32 Å². The number of hydrogen-bond donors (Lipinski definition) is 2. The van der Waals surface area contributed by atoms with E-state index in [1.54, 1.807) is 14.0 Å². The minimum Gasteiger partial charge on any atom is -0.358 e. The molecule has 0 aliphatic rings. The largest absolute Gasteiger partial charge is 0.358 e. The molecule has 0 fully saturated rings. The van der Waals surface area contributed by atoms with Gasteiger partial charge in [-0.3, -0.25) is 10.1 Å². The van der Waals surface area contributed by atoms with Crippen molar-refractivity contribution < 1.29 is 4.79 Å². The van der Waals surface area contributed by atoms with Gasteiger partial charge in [0.15, 0.2) is 0 Å². The van der Waals surface area contributed by atoms with Crippen molar-refractivity contribution in [2.24, 2.45) is 0 Å². The highest BCUT2D eigenvalue weighted by Gasteiger charge is 2.11. The zero-order valence-electron chi connectivity index (χ0n) is 7.14. The molecule has 0 aromatic heterocycles. The monoisotopic (exact) mass is 154 g/mol. The van der Waals surface area contributed by atoms with E-state index in [-0.39, 0.29) is 18.0 Å². The SMILES string of the molecule is C#CC(C)NC(C)C(=O)NC. The Morgan fingerprint density at radius 3 is 2.45 bits per heavy atom. The van der Waals surface area contributed by atoms with Gasteiger partial charge in [0.25, 0.3) is 0 Å². The van der Waals surface area contributed by atoms with E-state index >= 15 is 0 Å². The van der Waals surface area contributed by atoms with Crippen LogP contribution in [0.15, 0.2) is 0 Å². The molecule has 3 nitrogen and oxygen atoms in total. The van der Waals surface area contributed by atoms with Crippen molar-refractivity contribution in [2.45, 2.75) is 25.9 Å². The highest BCUT2D eigenvalue weighted by Crippen LogP contribution is 1.84. The zero-order valence-corrected chi connectivity index (χ0v) is 7.14. The second-order valence-electron chi connectivity index (χ2n) is 2.39. The summed E-state index contributed by atoms with van der Waals surface area (Å²) in [5.74, 6) is 2.43. The lowest BCUT2D eigenvalue weighted by atomic mass is 10.2. The van der Waals surface area contributed by atoms with Crippen molar-refractivity contribution >= 4 is 5.91 Å². The fourth-order valence-electron chi connectivity index (χ4n) is 0.715. The molecule has 0 bridgehead atoms. The molecule has 0 saturated carbocycles. The van der Waals surface area contributed by atoms with Gasteiger partial charge in [-0.05, 0) is 13.8 Å². The van der Waals surface area contributed by atoms with Crippen molar-refractivity contribution in [3.05, 3.63) is 0 Å². The lowest BCUT2D eigenvalue weighted by molar-refractivity contribution is -0.122. The van der Waals surface area contributed by atoms with E-state index in [2.05, 4.69) is 16.6 Å². The Balaban J connectivity index is 3.79. The number of hydrogen-bond acceptors (Lipinski definition) is 2. The van der Waals surface area contributed by atoms with Crippen LogP contribution in [0.1, 0.15) is 13.8 Å². The first-order valence-corrected chi connectivity index (χ1v) is 3.55. The molecule has 0 aromatic carbocycles. The van der Waals surface area contributed by atoms with Crippen molar-refractivity contribution in [2.75, 3.05) is 7.05 Å². The highest BCUT2D eigenvalue weighted by molar-refractivity contribution is 5.80. The lowest BCUT2D eigenvalue weighted by Gasteiger charge is -2.13. The van der Waals surface area contributed by atoms with Crippen LogP contribution >= 0.6 is 0 Å². The molecule has 11 heavy (non-hydrogen) atoms. The predicted molar refractivity (Wildman–Crippen MR) is 45.0 cm³/mol. The van der Waals surface area contributed by atoms with Gasteiger partial charge in [-0.15, -0.1) is 6.42 Å². The van der Waals surface area contributed by atoms with Crippen molar-refractivity contribution in [3.8, 4) is 12.3 Å². The molecule has 0 aliphatic heterocycles. The van der Waals surface area contributed by atoms with Gasteiger partial charge in [0, 0.05) is 7.05 Å². The summed E-state index contributed by atoms with van der Waals surface area (Å²) in [5, 5.41) is 5.46. The number of rotatable bonds is 3. The van der Waals surface area contributed by atoms with Crippen LogP contribution in [0.25, 0.3) is 0 Å². The molecule has 2 atom stereocenters. The summed E-state index contributed by atoms with van der Waals surface area (Å²) in [6.07, 6.45) is 5.12. The molecule has 0 aliphatic carbocycles. The number of carbonyl (C=O) groups is 1. The Kier molecular flexibility index (Phi) is 4.32. The van der Waals surface area contributed by atoms with Crippen molar-refractivity contribution in [1.82, 2.24) is 10.6 Å². The quantitative estimate of drug-likeness (QED) is 0.549. The van der Waals surface area contributed by atoms with Crippen LogP contribution in [0.4, 0.5) is 0 Å². The fourth-order valence-corrected chi connectivity index (χ4v) is 0.715. The summed E-state index contributed by atoms with van der Waals surface area (Å²) in [4.78, 5) is 10.9. The van der Waals surface area contributed by atoms with Crippen molar-refractivity contribution in [1.29, 1.82) is 0 Å². The highest BCUT2D eigenvalue weighted by atomic mass is 16.2. The van der Waals surface area contributed by atoms with Crippen LogP contribution in [0.3, 0.4) is 0 Å². The number of terminal acetylenes is 1. The summed E-state index contributed by atoms with van der Waals surface area (Å²) < 4.78 is 0. The van der Waals surface area contributed by atoms with Gasteiger partial charge in [-0.25, -0.2) is 0 Å². The molecule has 0 spiro atoms. The Morgan fingerprint density at radius 1 is 1.55 bits per heavy atom. The summed E-state index contributed by atoms with van der Waals surface area (Å²) in [7, 11) is 1.60. The molecule has 3 heteroatoms. The summed E-state index contributed by atoms with van der Waals surface area (Å²) in [6, 6.07) is -0.298. The van der Waals surface area contributed by atoms with Crippen LogP contribution in [-0.4, -0.2) is 25.0 Å². The van der Waals surface area contributed by atoms with E-state index in [0.29, 0.717) is 0 Å². The second kappa shape index (κ2) is 4.75. The fraction of sp³-hybridized carbons (Fsp3) is 0.625. The Hall–Kier alpha value is -1.01. The maximum Gasteiger partial charge on any atom is 0.236 e. The van der Waals surface area contributed by atoms with E-state index in [1.165, 1.54) is 0 Å². The molecule has 0 radical (unpaired) electrons. The number of carbonyl (C=O) groups excluding carboxylic acids is 1. The van der Waals surface area contributed by atoms with Crippen molar-refractivity contribution in [3.63, 3.8) is 0 Å². The molecule has 0 aromatic rings. The minimum atomic E-state index is -0.231. The van der Waals surface area contributed by atoms with Gasteiger partial charge >= 0.3 is 0 Å². The van der Waals surface area contributed by atoms with Crippen LogP contribution in [-0.2, 0) is 4.79 Å². The maximum absolute atomic E-state index is 10.9. The first-order chi connectivity index (χ1) is 5.11. The van der Waals surface area contributed by atoms with Crippen LogP contribution in [0, 0.1) is 12.3 Å². The van der Waals surface area contributed by atoms with Gasteiger partial charge in [-0.2, -0.15) is 0 Å². The predicted octanol–water partition coefficient (Wildman–Crippen LogP) is -0.268. The third kappa shape index (κ3) is 3.64. The third-order valence-electron chi connectivity index (χ3n) is 1.39. The average molecular weight is 154 g/mol. The minimum absolute atomic E-state index is 0.0490. The standard InChI is InChI=1S/C8H14N2O/c1-5-6(2)10-7(3)8(11)9-4/h1,6-7,10H,2-4H3,(H,9,11). The summed E-state index contributed by atoms with van der Waals surface area (Å²) in [6.45, 7) is 3.60. The Morgan fingerprint density at radius 2 is 2.09 bits per heavy atom. The molecule has 0 rings (SSSR count). The molecule has 2 unspecified atom stereocenters. The summed E-state index contributed by atoms with van der Waals surface area (Å²) in [5.41, 5.74) is 0. The Bertz CT molecular complexity index is 171. The average Bonchev–Trinajstić information content (AvgIpc) is 2.02. The van der Waals surface area contributed by atoms with E-state index in [9.17, 15) is 4.79 Å². The topological polar surface area (TPSA) is 41.1 Å². The smallest absolute Gasteiger partial charge is 0.236 e. The molecular weight excluding hydrogens is 140 g/mol. The maximum atomic E-state index is 10.9. The molecule has 1 amide bonds.